The lowest BCUT2D eigenvalue weighted by atomic mass is 9.83. The first-order chi connectivity index (χ1) is 16.4. The molecule has 2 aromatic carbocycles. The molecule has 1 amide bonds. The summed E-state index contributed by atoms with van der Waals surface area (Å²) in [4.78, 5) is 32.9. The van der Waals surface area contributed by atoms with E-state index >= 15 is 0 Å². The highest BCUT2D eigenvalue weighted by molar-refractivity contribution is 5.93. The van der Waals surface area contributed by atoms with Crippen LogP contribution in [0.3, 0.4) is 0 Å². The number of methoxy groups -OCH3 is 1. The van der Waals surface area contributed by atoms with Gasteiger partial charge in [0.05, 0.1) is 19.3 Å². The summed E-state index contributed by atoms with van der Waals surface area (Å²) in [6.45, 7) is 2.31. The molecule has 1 aromatic heterocycles. The fourth-order valence-electron chi connectivity index (χ4n) is 4.83. The molecule has 0 atom stereocenters. The topological polar surface area (TPSA) is 95.5 Å². The maximum atomic E-state index is 13.8. The van der Waals surface area contributed by atoms with E-state index in [1.165, 1.54) is 30.2 Å². The SMILES string of the molecule is CCC1(c2nc(-c3ccc(CN(C=O)c4cc(F)ccc4OC)cc3)c(C(=O)O)[nH]2)CCCC1. The van der Waals surface area contributed by atoms with Gasteiger partial charge in [0, 0.05) is 17.0 Å². The lowest BCUT2D eigenvalue weighted by Crippen LogP contribution is -2.22. The minimum absolute atomic E-state index is 0.0847. The molecule has 0 aliphatic heterocycles. The Balaban J connectivity index is 1.62. The molecule has 8 heteroatoms. The summed E-state index contributed by atoms with van der Waals surface area (Å²) in [5, 5.41) is 9.78. The Bertz CT molecular complexity index is 1180. The number of aromatic carboxylic acids is 1. The maximum absolute atomic E-state index is 13.8. The Hall–Kier alpha value is -3.68. The van der Waals surface area contributed by atoms with Crippen LogP contribution in [0.4, 0.5) is 10.1 Å². The first-order valence-corrected chi connectivity index (χ1v) is 11.4. The van der Waals surface area contributed by atoms with Crippen LogP contribution in [0.1, 0.15) is 60.9 Å². The van der Waals surface area contributed by atoms with Crippen LogP contribution in [-0.2, 0) is 16.8 Å². The zero-order chi connectivity index (χ0) is 24.3. The van der Waals surface area contributed by atoms with Crippen molar-refractivity contribution >= 4 is 18.1 Å². The number of halogens is 1. The van der Waals surface area contributed by atoms with E-state index in [1.54, 1.807) is 12.1 Å². The standard InChI is InChI=1S/C26H28FN3O4/c1-3-26(12-4-5-13-26)25-28-22(23(29-25)24(32)33)18-8-6-17(7-9-18)15-30(16-31)20-14-19(27)10-11-21(20)34-2/h6-11,14,16H,3-5,12-13,15H2,1-2H3,(H,28,29)(H,32,33). The van der Waals surface area contributed by atoms with E-state index in [4.69, 9.17) is 9.72 Å². The molecule has 0 radical (unpaired) electrons. The number of hydrogen-bond acceptors (Lipinski definition) is 4. The number of aromatic nitrogens is 2. The van der Waals surface area contributed by atoms with Crippen molar-refractivity contribution in [1.82, 2.24) is 9.97 Å². The highest BCUT2D eigenvalue weighted by Gasteiger charge is 2.38. The normalized spacial score (nSPS) is 14.7. The molecule has 0 spiro atoms. The van der Waals surface area contributed by atoms with Gasteiger partial charge in [-0.2, -0.15) is 0 Å². The van der Waals surface area contributed by atoms with Crippen LogP contribution in [0.25, 0.3) is 11.3 Å². The Labute approximate surface area is 197 Å². The summed E-state index contributed by atoms with van der Waals surface area (Å²) < 4.78 is 19.0. The molecule has 178 valence electrons. The molecule has 2 N–H and O–H groups in total. The van der Waals surface area contributed by atoms with Gasteiger partial charge in [0.1, 0.15) is 23.1 Å². The number of nitrogens with one attached hydrogen (secondary N) is 1. The molecule has 1 heterocycles. The Kier molecular flexibility index (Phi) is 6.68. The van der Waals surface area contributed by atoms with E-state index in [0.717, 1.165) is 43.5 Å². The van der Waals surface area contributed by atoms with E-state index in [-0.39, 0.29) is 17.7 Å². The van der Waals surface area contributed by atoms with Crippen molar-refractivity contribution in [3.8, 4) is 17.0 Å². The van der Waals surface area contributed by atoms with Gasteiger partial charge < -0.3 is 19.7 Å². The molecule has 7 nitrogen and oxygen atoms in total. The summed E-state index contributed by atoms with van der Waals surface area (Å²) in [5.74, 6) is -0.389. The lowest BCUT2D eigenvalue weighted by molar-refractivity contribution is -0.107. The number of carboxylic acid groups (broad SMARTS) is 1. The number of carbonyl (C=O) groups is 2. The minimum atomic E-state index is -1.05. The fourth-order valence-corrected chi connectivity index (χ4v) is 4.83. The van der Waals surface area contributed by atoms with Gasteiger partial charge in [-0.15, -0.1) is 0 Å². The van der Waals surface area contributed by atoms with E-state index in [2.05, 4.69) is 11.9 Å². The van der Waals surface area contributed by atoms with Crippen molar-refractivity contribution in [3.05, 3.63) is 65.4 Å². The number of H-pyrrole nitrogens is 1. The smallest absolute Gasteiger partial charge is 0.354 e. The van der Waals surface area contributed by atoms with Crippen molar-refractivity contribution in [3.63, 3.8) is 0 Å². The molecule has 1 fully saturated rings. The summed E-state index contributed by atoms with van der Waals surface area (Å²) >= 11 is 0. The number of imidazole rings is 1. The average Bonchev–Trinajstić information content (AvgIpc) is 3.51. The number of ether oxygens (including phenoxy) is 1. The zero-order valence-electron chi connectivity index (χ0n) is 19.3. The van der Waals surface area contributed by atoms with Crippen LogP contribution >= 0.6 is 0 Å². The zero-order valence-corrected chi connectivity index (χ0v) is 19.3. The molecule has 0 saturated heterocycles. The second-order valence-electron chi connectivity index (χ2n) is 8.70. The van der Waals surface area contributed by atoms with Crippen LogP contribution in [-0.4, -0.2) is 34.6 Å². The number of benzene rings is 2. The molecule has 0 unspecified atom stereocenters. The van der Waals surface area contributed by atoms with Crippen molar-refractivity contribution in [2.24, 2.45) is 0 Å². The Morgan fingerprint density at radius 1 is 1.24 bits per heavy atom. The average molecular weight is 466 g/mol. The summed E-state index contributed by atoms with van der Waals surface area (Å²) in [7, 11) is 1.46. The molecule has 1 saturated carbocycles. The summed E-state index contributed by atoms with van der Waals surface area (Å²) in [6.07, 6.45) is 5.76. The van der Waals surface area contributed by atoms with Gasteiger partial charge in [0.2, 0.25) is 6.41 Å². The molecule has 0 bridgehead atoms. The predicted molar refractivity (Wildman–Crippen MR) is 127 cm³/mol. The third-order valence-corrected chi connectivity index (χ3v) is 6.82. The van der Waals surface area contributed by atoms with Gasteiger partial charge in [-0.05, 0) is 37.0 Å². The largest absolute Gasteiger partial charge is 0.495 e. The van der Waals surface area contributed by atoms with Crippen LogP contribution < -0.4 is 9.64 Å². The molecule has 4 rings (SSSR count). The van der Waals surface area contributed by atoms with Crippen molar-refractivity contribution in [2.45, 2.75) is 51.0 Å². The van der Waals surface area contributed by atoms with Crippen LogP contribution in [0.15, 0.2) is 42.5 Å². The molecule has 1 aliphatic carbocycles. The first-order valence-electron chi connectivity index (χ1n) is 11.4. The van der Waals surface area contributed by atoms with Gasteiger partial charge in [-0.25, -0.2) is 14.2 Å². The van der Waals surface area contributed by atoms with Gasteiger partial charge in [-0.1, -0.05) is 44.0 Å². The number of nitrogens with zero attached hydrogens (tertiary/aromatic N) is 2. The van der Waals surface area contributed by atoms with E-state index in [9.17, 15) is 19.1 Å². The molecular formula is C26H28FN3O4. The molecule has 1 aliphatic rings. The molecule has 3 aromatic rings. The highest BCUT2D eigenvalue weighted by Crippen LogP contribution is 2.43. The van der Waals surface area contributed by atoms with Gasteiger partial charge in [0.15, 0.2) is 5.69 Å². The molecule has 34 heavy (non-hydrogen) atoms. The minimum Gasteiger partial charge on any atom is -0.495 e. The van der Waals surface area contributed by atoms with Gasteiger partial charge in [0.25, 0.3) is 0 Å². The Morgan fingerprint density at radius 2 is 1.94 bits per heavy atom. The number of rotatable bonds is 9. The monoisotopic (exact) mass is 465 g/mol. The van der Waals surface area contributed by atoms with E-state index < -0.39 is 11.8 Å². The third kappa shape index (κ3) is 4.40. The first kappa shape index (κ1) is 23.5. The maximum Gasteiger partial charge on any atom is 0.354 e. The van der Waals surface area contributed by atoms with Gasteiger partial charge >= 0.3 is 5.97 Å². The van der Waals surface area contributed by atoms with Crippen LogP contribution in [0.2, 0.25) is 0 Å². The second-order valence-corrected chi connectivity index (χ2v) is 8.70. The predicted octanol–water partition coefficient (Wildman–Crippen LogP) is 5.31. The number of anilines is 1. The number of amides is 1. The second kappa shape index (κ2) is 9.67. The number of aromatic amines is 1. The van der Waals surface area contributed by atoms with Crippen molar-refractivity contribution in [2.75, 3.05) is 12.0 Å². The quantitative estimate of drug-likeness (QED) is 0.418. The highest BCUT2D eigenvalue weighted by atomic mass is 19.1. The summed E-state index contributed by atoms with van der Waals surface area (Å²) in [5.41, 5.74) is 2.18. The van der Waals surface area contributed by atoms with E-state index in [1.807, 2.05) is 12.1 Å². The van der Waals surface area contributed by atoms with Crippen molar-refractivity contribution < 1.29 is 23.8 Å². The fraction of sp³-hybridized carbons (Fsp3) is 0.346. The third-order valence-electron chi connectivity index (χ3n) is 6.82. The lowest BCUT2D eigenvalue weighted by Gasteiger charge is -2.24. The van der Waals surface area contributed by atoms with Crippen molar-refractivity contribution in [1.29, 1.82) is 0 Å². The van der Waals surface area contributed by atoms with Crippen LogP contribution in [0, 0.1) is 5.82 Å². The van der Waals surface area contributed by atoms with Gasteiger partial charge in [-0.3, -0.25) is 4.79 Å². The summed E-state index contributed by atoms with van der Waals surface area (Å²) in [6, 6.07) is 11.2. The van der Waals surface area contributed by atoms with E-state index in [0.29, 0.717) is 29.1 Å². The number of carboxylic acids is 1. The number of carbonyl (C=O) groups excluding carboxylic acids is 1. The Morgan fingerprint density at radius 3 is 2.53 bits per heavy atom. The number of hydrogen-bond donors (Lipinski definition) is 2. The molecular weight excluding hydrogens is 437 g/mol. The van der Waals surface area contributed by atoms with Crippen LogP contribution in [0.5, 0.6) is 5.75 Å².